The van der Waals surface area contributed by atoms with Crippen molar-refractivity contribution in [2.45, 2.75) is 17.9 Å². The van der Waals surface area contributed by atoms with Crippen molar-refractivity contribution in [3.63, 3.8) is 0 Å². The normalized spacial score (nSPS) is 13.6. The fraction of sp³-hybridized carbons (Fsp3) is 0.333. The number of halogens is 2. The molecule has 0 fully saturated rings. The molecule has 0 aliphatic carbocycles. The van der Waals surface area contributed by atoms with Crippen LogP contribution in [0.3, 0.4) is 0 Å². The van der Waals surface area contributed by atoms with Crippen LogP contribution in [0.2, 0.25) is 0 Å². The summed E-state index contributed by atoms with van der Waals surface area (Å²) in [6.45, 7) is 0.944. The molecular formula is C9H12F2N2O3S. The van der Waals surface area contributed by atoms with Crippen LogP contribution < -0.4 is 10.5 Å². The number of hydrogen-bond acceptors (Lipinski definition) is 4. The molecule has 1 aromatic rings. The van der Waals surface area contributed by atoms with E-state index >= 15 is 0 Å². The van der Waals surface area contributed by atoms with Gasteiger partial charge in [-0.15, -0.1) is 0 Å². The highest BCUT2D eigenvalue weighted by Crippen LogP contribution is 2.20. The predicted octanol–water partition coefficient (Wildman–Crippen LogP) is 0.206. The molecule has 0 spiro atoms. The molecule has 0 aliphatic rings. The summed E-state index contributed by atoms with van der Waals surface area (Å²) in [6.07, 6.45) is 0. The van der Waals surface area contributed by atoms with Gasteiger partial charge in [0.2, 0.25) is 10.0 Å². The largest absolute Gasteiger partial charge is 0.396 e. The summed E-state index contributed by atoms with van der Waals surface area (Å²) in [5, 5.41) is 8.71. The molecule has 0 aliphatic heterocycles. The zero-order valence-electron chi connectivity index (χ0n) is 8.94. The van der Waals surface area contributed by atoms with Crippen LogP contribution in [-0.4, -0.2) is 26.2 Å². The summed E-state index contributed by atoms with van der Waals surface area (Å²) < 4.78 is 51.5. The van der Waals surface area contributed by atoms with Gasteiger partial charge in [-0.25, -0.2) is 21.9 Å². The second kappa shape index (κ2) is 4.94. The zero-order valence-corrected chi connectivity index (χ0v) is 9.76. The minimum atomic E-state index is -4.17. The van der Waals surface area contributed by atoms with Crippen LogP contribution in [0.15, 0.2) is 17.0 Å². The van der Waals surface area contributed by atoms with Crippen molar-refractivity contribution in [2.75, 3.05) is 12.3 Å². The number of nitrogens with two attached hydrogens (primary N) is 1. The minimum absolute atomic E-state index is 0.396. The van der Waals surface area contributed by atoms with Gasteiger partial charge in [0.05, 0.1) is 12.3 Å². The number of nitrogens with one attached hydrogen (secondary N) is 1. The van der Waals surface area contributed by atoms with E-state index in [0.717, 1.165) is 0 Å². The van der Waals surface area contributed by atoms with Gasteiger partial charge in [0.15, 0.2) is 0 Å². The van der Waals surface area contributed by atoms with Crippen LogP contribution in [-0.2, 0) is 10.0 Å². The summed E-state index contributed by atoms with van der Waals surface area (Å²) in [7, 11) is -4.17. The van der Waals surface area contributed by atoms with E-state index in [4.69, 9.17) is 10.8 Å². The number of sulfonamides is 1. The maximum absolute atomic E-state index is 13.3. The first-order valence-corrected chi connectivity index (χ1v) is 6.14. The third kappa shape index (κ3) is 3.11. The van der Waals surface area contributed by atoms with E-state index in [1.807, 2.05) is 4.72 Å². The van der Waals surface area contributed by atoms with Gasteiger partial charge in [0.25, 0.3) is 0 Å². The Morgan fingerprint density at radius 3 is 2.53 bits per heavy atom. The van der Waals surface area contributed by atoms with Gasteiger partial charge in [0, 0.05) is 12.1 Å². The van der Waals surface area contributed by atoms with Crippen LogP contribution in [0.4, 0.5) is 14.5 Å². The number of benzene rings is 1. The Balaban J connectivity index is 3.20. The molecule has 0 radical (unpaired) electrons. The van der Waals surface area contributed by atoms with Crippen molar-refractivity contribution < 1.29 is 22.3 Å². The zero-order chi connectivity index (χ0) is 13.2. The first-order valence-electron chi connectivity index (χ1n) is 4.65. The van der Waals surface area contributed by atoms with Gasteiger partial charge in [0.1, 0.15) is 16.5 Å². The lowest BCUT2D eigenvalue weighted by Crippen LogP contribution is -2.35. The maximum Gasteiger partial charge on any atom is 0.243 e. The highest BCUT2D eigenvalue weighted by molar-refractivity contribution is 7.89. The fourth-order valence-corrected chi connectivity index (χ4v) is 2.45. The van der Waals surface area contributed by atoms with Gasteiger partial charge >= 0.3 is 0 Å². The molecule has 5 nitrogen and oxygen atoms in total. The van der Waals surface area contributed by atoms with Crippen molar-refractivity contribution in [1.82, 2.24) is 4.72 Å². The SMILES string of the molecule is C[C@H](CO)NS(=O)(=O)c1cc(N)c(F)cc1F. The molecule has 1 aromatic carbocycles. The quantitative estimate of drug-likeness (QED) is 0.679. The summed E-state index contributed by atoms with van der Waals surface area (Å²) in [5.74, 6) is -2.27. The number of nitrogen functional groups attached to an aromatic ring is 1. The Morgan fingerprint density at radius 1 is 1.41 bits per heavy atom. The molecule has 1 atom stereocenters. The highest BCUT2D eigenvalue weighted by atomic mass is 32.2. The molecule has 96 valence electrons. The Morgan fingerprint density at radius 2 is 2.00 bits per heavy atom. The van der Waals surface area contributed by atoms with Crippen molar-refractivity contribution >= 4 is 15.7 Å². The lowest BCUT2D eigenvalue weighted by atomic mass is 10.3. The van der Waals surface area contributed by atoms with Crippen LogP contribution in [0, 0.1) is 11.6 Å². The summed E-state index contributed by atoms with van der Waals surface area (Å²) in [4.78, 5) is -0.753. The van der Waals surface area contributed by atoms with Crippen molar-refractivity contribution in [3.8, 4) is 0 Å². The van der Waals surface area contributed by atoms with Gasteiger partial charge in [-0.2, -0.15) is 0 Å². The molecular weight excluding hydrogens is 254 g/mol. The number of aliphatic hydroxyl groups excluding tert-OH is 1. The van der Waals surface area contributed by atoms with E-state index in [1.165, 1.54) is 6.92 Å². The molecule has 0 saturated heterocycles. The molecule has 0 unspecified atom stereocenters. The first-order chi connectivity index (χ1) is 7.77. The predicted molar refractivity (Wildman–Crippen MR) is 57.6 cm³/mol. The number of anilines is 1. The minimum Gasteiger partial charge on any atom is -0.396 e. The third-order valence-corrected chi connectivity index (χ3v) is 3.58. The summed E-state index contributed by atoms with van der Waals surface area (Å²) in [5.41, 5.74) is 4.70. The standard InChI is InChI=1S/C9H12F2N2O3S/c1-5(4-14)13-17(15,16)9-3-8(12)6(10)2-7(9)11/h2-3,5,13-14H,4,12H2,1H3/t5-/m1/s1. The van der Waals surface area contributed by atoms with Crippen LogP contribution >= 0.6 is 0 Å². The summed E-state index contributed by atoms with van der Waals surface area (Å²) in [6, 6.07) is 0.301. The van der Waals surface area contributed by atoms with E-state index in [0.29, 0.717) is 12.1 Å². The molecule has 0 amide bonds. The molecule has 0 aromatic heterocycles. The van der Waals surface area contributed by atoms with Crippen molar-refractivity contribution in [2.24, 2.45) is 0 Å². The first kappa shape index (κ1) is 13.8. The van der Waals surface area contributed by atoms with Crippen LogP contribution in [0.1, 0.15) is 6.92 Å². The molecule has 0 bridgehead atoms. The number of rotatable bonds is 4. The van der Waals surface area contributed by atoms with E-state index in [1.54, 1.807) is 0 Å². The molecule has 0 heterocycles. The van der Waals surface area contributed by atoms with Gasteiger partial charge in [-0.1, -0.05) is 0 Å². The maximum atomic E-state index is 13.3. The van der Waals surface area contributed by atoms with Crippen LogP contribution in [0.25, 0.3) is 0 Å². The second-order valence-corrected chi connectivity index (χ2v) is 5.19. The second-order valence-electron chi connectivity index (χ2n) is 3.51. The average Bonchev–Trinajstić information content (AvgIpc) is 2.22. The topological polar surface area (TPSA) is 92.4 Å². The lowest BCUT2D eigenvalue weighted by molar-refractivity contribution is 0.265. The van der Waals surface area contributed by atoms with Gasteiger partial charge in [-0.3, -0.25) is 0 Å². The highest BCUT2D eigenvalue weighted by Gasteiger charge is 2.22. The van der Waals surface area contributed by atoms with E-state index in [2.05, 4.69) is 0 Å². The Bertz CT molecular complexity index is 519. The van der Waals surface area contributed by atoms with Gasteiger partial charge < -0.3 is 10.8 Å². The van der Waals surface area contributed by atoms with Crippen molar-refractivity contribution in [3.05, 3.63) is 23.8 Å². The molecule has 1 rings (SSSR count). The van der Waals surface area contributed by atoms with Gasteiger partial charge in [-0.05, 0) is 13.0 Å². The van der Waals surface area contributed by atoms with E-state index < -0.39 is 44.9 Å². The third-order valence-electron chi connectivity index (χ3n) is 1.97. The summed E-state index contributed by atoms with van der Waals surface area (Å²) >= 11 is 0. The van der Waals surface area contributed by atoms with E-state index in [9.17, 15) is 17.2 Å². The molecule has 4 N–H and O–H groups in total. The Labute approximate surface area is 97.3 Å². The van der Waals surface area contributed by atoms with Crippen LogP contribution in [0.5, 0.6) is 0 Å². The number of aliphatic hydroxyl groups is 1. The monoisotopic (exact) mass is 266 g/mol. The average molecular weight is 266 g/mol. The molecule has 8 heteroatoms. The van der Waals surface area contributed by atoms with E-state index in [-0.39, 0.29) is 0 Å². The smallest absolute Gasteiger partial charge is 0.243 e. The fourth-order valence-electron chi connectivity index (χ4n) is 1.12. The molecule has 17 heavy (non-hydrogen) atoms. The molecule has 0 saturated carbocycles. The van der Waals surface area contributed by atoms with Crippen molar-refractivity contribution in [1.29, 1.82) is 0 Å². The number of hydrogen-bond donors (Lipinski definition) is 3. The Kier molecular flexibility index (Phi) is 4.02. The Hall–Kier alpha value is -1.25. The lowest BCUT2D eigenvalue weighted by Gasteiger charge is -2.12.